The Morgan fingerprint density at radius 2 is 1.55 bits per heavy atom. The van der Waals surface area contributed by atoms with E-state index in [0.29, 0.717) is 45.4 Å². The largest absolute Gasteiger partial charge is 0.454 e. The van der Waals surface area contributed by atoms with Crippen LogP contribution in [0.5, 0.6) is 34.5 Å². The highest BCUT2D eigenvalue weighted by Gasteiger charge is 2.30. The van der Waals surface area contributed by atoms with E-state index in [0.717, 1.165) is 5.56 Å². The summed E-state index contributed by atoms with van der Waals surface area (Å²) in [6.07, 6.45) is 1.64. The number of hydrogen-bond acceptors (Lipinski definition) is 8. The molecule has 0 atom stereocenters. The number of rotatable bonds is 3. The van der Waals surface area contributed by atoms with E-state index in [4.69, 9.17) is 28.4 Å². The Morgan fingerprint density at radius 1 is 0.848 bits per heavy atom. The van der Waals surface area contributed by atoms with Gasteiger partial charge in [-0.1, -0.05) is 6.07 Å². The molecule has 0 aliphatic carbocycles. The molecule has 0 unspecified atom stereocenters. The summed E-state index contributed by atoms with van der Waals surface area (Å²) in [4.78, 5) is 25.6. The van der Waals surface area contributed by atoms with Crippen molar-refractivity contribution in [1.82, 2.24) is 0 Å². The van der Waals surface area contributed by atoms with Gasteiger partial charge in [0.25, 0.3) is 0 Å². The zero-order valence-corrected chi connectivity index (χ0v) is 17.4. The second-order valence-electron chi connectivity index (χ2n) is 7.62. The third-order valence-corrected chi connectivity index (χ3v) is 5.46. The smallest absolute Gasteiger partial charge is 0.343 e. The number of hydrogen-bond donors (Lipinski definition) is 0. The van der Waals surface area contributed by atoms with E-state index in [1.807, 2.05) is 6.07 Å². The number of benzene rings is 3. The van der Waals surface area contributed by atoms with Crippen LogP contribution < -0.4 is 28.4 Å². The normalized spacial score (nSPS) is 16.0. The van der Waals surface area contributed by atoms with Crippen LogP contribution >= 0.6 is 0 Å². The molecule has 0 amide bonds. The summed E-state index contributed by atoms with van der Waals surface area (Å²) in [5, 5.41) is 0. The molecule has 0 saturated carbocycles. The number of ketones is 1. The summed E-state index contributed by atoms with van der Waals surface area (Å²) in [5.41, 5.74) is 2.13. The van der Waals surface area contributed by atoms with Crippen molar-refractivity contribution >= 4 is 17.8 Å². The third kappa shape index (κ3) is 3.32. The molecular formula is C25H16O8. The zero-order chi connectivity index (χ0) is 22.5. The second kappa shape index (κ2) is 7.30. The molecule has 33 heavy (non-hydrogen) atoms. The number of Topliss-reactive ketones (excluding diaryl/α,β-unsaturated/α-hetero) is 1. The minimum atomic E-state index is -0.562. The summed E-state index contributed by atoms with van der Waals surface area (Å²) in [5.74, 6) is 2.31. The number of carbonyl (C=O) groups is 2. The lowest BCUT2D eigenvalue weighted by molar-refractivity contribution is 0.0734. The van der Waals surface area contributed by atoms with Gasteiger partial charge in [-0.05, 0) is 60.5 Å². The van der Waals surface area contributed by atoms with E-state index < -0.39 is 5.97 Å². The van der Waals surface area contributed by atoms with Crippen LogP contribution in [0.25, 0.3) is 6.08 Å². The van der Waals surface area contributed by atoms with E-state index in [2.05, 4.69) is 0 Å². The fourth-order valence-electron chi connectivity index (χ4n) is 3.88. The predicted octanol–water partition coefficient (Wildman–Crippen LogP) is 4.29. The Balaban J connectivity index is 1.25. The van der Waals surface area contributed by atoms with E-state index in [-0.39, 0.29) is 30.9 Å². The summed E-state index contributed by atoms with van der Waals surface area (Å²) in [6, 6.07) is 13.4. The van der Waals surface area contributed by atoms with Crippen molar-refractivity contribution in [3.05, 3.63) is 76.5 Å². The van der Waals surface area contributed by atoms with Gasteiger partial charge in [-0.15, -0.1) is 0 Å². The monoisotopic (exact) mass is 444 g/mol. The molecule has 8 nitrogen and oxygen atoms in total. The van der Waals surface area contributed by atoms with Crippen LogP contribution in [0.3, 0.4) is 0 Å². The molecule has 0 saturated heterocycles. The van der Waals surface area contributed by atoms with Gasteiger partial charge in [0.05, 0.1) is 11.1 Å². The summed E-state index contributed by atoms with van der Waals surface area (Å²) in [7, 11) is 0. The first-order valence-electron chi connectivity index (χ1n) is 10.2. The molecule has 0 bridgehead atoms. The minimum Gasteiger partial charge on any atom is -0.454 e. The minimum absolute atomic E-state index is 0.116. The second-order valence-corrected chi connectivity index (χ2v) is 7.62. The van der Waals surface area contributed by atoms with Gasteiger partial charge in [-0.25, -0.2) is 4.79 Å². The molecule has 0 aromatic heterocycles. The van der Waals surface area contributed by atoms with E-state index >= 15 is 0 Å². The average molecular weight is 444 g/mol. The SMILES string of the molecule is Cc1cc(OC(=O)c2ccc3c(c2)OCO3)cc2c1C(=O)/C(=C/c1ccc3c(c1)OCO3)O2. The number of esters is 1. The highest BCUT2D eigenvalue weighted by molar-refractivity contribution is 6.15. The number of carbonyl (C=O) groups excluding carboxylic acids is 2. The van der Waals surface area contributed by atoms with Crippen LogP contribution in [0.4, 0.5) is 0 Å². The Kier molecular flexibility index (Phi) is 4.26. The van der Waals surface area contributed by atoms with Crippen LogP contribution in [0.15, 0.2) is 54.3 Å². The Labute approximate surface area is 187 Å². The molecule has 0 fully saturated rings. The molecule has 3 aromatic carbocycles. The topological polar surface area (TPSA) is 89.5 Å². The van der Waals surface area contributed by atoms with E-state index in [9.17, 15) is 9.59 Å². The maximum Gasteiger partial charge on any atom is 0.343 e. The maximum absolute atomic E-state index is 12.9. The van der Waals surface area contributed by atoms with E-state index in [1.54, 1.807) is 49.4 Å². The molecule has 0 radical (unpaired) electrons. The Bertz CT molecular complexity index is 1370. The fourth-order valence-corrected chi connectivity index (χ4v) is 3.88. The summed E-state index contributed by atoms with van der Waals surface area (Å²) >= 11 is 0. The van der Waals surface area contributed by atoms with Crippen LogP contribution in [-0.4, -0.2) is 25.3 Å². The van der Waals surface area contributed by atoms with Crippen molar-refractivity contribution < 1.29 is 38.0 Å². The van der Waals surface area contributed by atoms with Crippen molar-refractivity contribution in [3.8, 4) is 34.5 Å². The summed E-state index contributed by atoms with van der Waals surface area (Å²) in [6.45, 7) is 2.05. The molecule has 3 aliphatic heterocycles. The van der Waals surface area contributed by atoms with Crippen molar-refractivity contribution in [2.75, 3.05) is 13.6 Å². The molecule has 164 valence electrons. The van der Waals surface area contributed by atoms with Crippen LogP contribution in [-0.2, 0) is 0 Å². The van der Waals surface area contributed by atoms with Crippen LogP contribution in [0.1, 0.15) is 31.8 Å². The number of allylic oxidation sites excluding steroid dienone is 1. The average Bonchev–Trinajstić information content (AvgIpc) is 3.52. The first-order chi connectivity index (χ1) is 16.0. The van der Waals surface area contributed by atoms with Crippen molar-refractivity contribution in [2.24, 2.45) is 0 Å². The van der Waals surface area contributed by atoms with Crippen LogP contribution in [0, 0.1) is 6.92 Å². The van der Waals surface area contributed by atoms with Gasteiger partial charge in [0.15, 0.2) is 28.8 Å². The van der Waals surface area contributed by atoms with Gasteiger partial charge in [-0.3, -0.25) is 4.79 Å². The van der Waals surface area contributed by atoms with Crippen molar-refractivity contribution in [1.29, 1.82) is 0 Å². The predicted molar refractivity (Wildman–Crippen MR) is 114 cm³/mol. The molecule has 3 aliphatic rings. The lowest BCUT2D eigenvalue weighted by Gasteiger charge is -2.08. The Morgan fingerprint density at radius 3 is 2.33 bits per heavy atom. The van der Waals surface area contributed by atoms with Crippen LogP contribution in [0.2, 0.25) is 0 Å². The highest BCUT2D eigenvalue weighted by atomic mass is 16.7. The summed E-state index contributed by atoms with van der Waals surface area (Å²) < 4.78 is 32.6. The number of aryl methyl sites for hydroxylation is 1. The zero-order valence-electron chi connectivity index (χ0n) is 17.4. The van der Waals surface area contributed by atoms with Gasteiger partial charge in [0, 0.05) is 6.07 Å². The van der Waals surface area contributed by atoms with Gasteiger partial charge < -0.3 is 28.4 Å². The van der Waals surface area contributed by atoms with Gasteiger partial charge in [-0.2, -0.15) is 0 Å². The lowest BCUT2D eigenvalue weighted by atomic mass is 10.0. The molecule has 0 N–H and O–H groups in total. The standard InChI is InChI=1S/C25H16O8/c1-13-6-16(32-25(27)15-3-5-18-20(9-15)31-12-29-18)10-21-23(13)24(26)22(33-21)8-14-2-4-17-19(7-14)30-11-28-17/h2-10H,11-12H2,1H3/b22-8-. The molecular weight excluding hydrogens is 428 g/mol. The van der Waals surface area contributed by atoms with Gasteiger partial charge in [0.1, 0.15) is 11.5 Å². The number of fused-ring (bicyclic) bond motifs is 3. The fraction of sp³-hybridized carbons (Fsp3) is 0.120. The molecule has 8 heteroatoms. The van der Waals surface area contributed by atoms with Crippen molar-refractivity contribution in [3.63, 3.8) is 0 Å². The Hall–Kier alpha value is -4.46. The van der Waals surface area contributed by atoms with Gasteiger partial charge >= 0.3 is 5.97 Å². The number of ether oxygens (including phenoxy) is 6. The quantitative estimate of drug-likeness (QED) is 0.336. The van der Waals surface area contributed by atoms with Gasteiger partial charge in [0.2, 0.25) is 19.4 Å². The van der Waals surface area contributed by atoms with E-state index in [1.165, 1.54) is 6.07 Å². The lowest BCUT2D eigenvalue weighted by Crippen LogP contribution is -2.08. The van der Waals surface area contributed by atoms with Crippen molar-refractivity contribution in [2.45, 2.75) is 6.92 Å². The molecule has 6 rings (SSSR count). The first kappa shape index (κ1) is 19.2. The molecule has 3 heterocycles. The third-order valence-electron chi connectivity index (χ3n) is 5.46. The first-order valence-corrected chi connectivity index (χ1v) is 10.2. The highest BCUT2D eigenvalue weighted by Crippen LogP contribution is 2.39. The molecule has 3 aromatic rings. The maximum atomic E-state index is 12.9. The molecule has 0 spiro atoms.